The largest absolute Gasteiger partial charge is 0.383 e. The molecule has 1 heterocycles. The number of nitrogen functional groups attached to an aromatic ring is 1. The Morgan fingerprint density at radius 2 is 2.50 bits per heavy atom. The van der Waals surface area contributed by atoms with E-state index in [4.69, 9.17) is 5.73 Å². The number of aromatic nitrogens is 2. The normalized spacial score (nSPS) is 10.4. The zero-order valence-electron chi connectivity index (χ0n) is 8.04. The van der Waals surface area contributed by atoms with Crippen LogP contribution in [0.4, 0.5) is 5.82 Å². The molecule has 0 aliphatic heterocycles. The number of H-pyrrole nitrogens is 1. The minimum absolute atomic E-state index is 0.200. The van der Waals surface area contributed by atoms with E-state index >= 15 is 0 Å². The highest BCUT2D eigenvalue weighted by Gasteiger charge is 1.98. The Balaban J connectivity index is 2.46. The molecule has 0 bridgehead atoms. The number of nitrogens with two attached hydrogens (primary N) is 1. The van der Waals surface area contributed by atoms with E-state index in [0.29, 0.717) is 5.16 Å². The quantitative estimate of drug-likeness (QED) is 0.366. The smallest absolute Gasteiger partial charge is 0.253 e. The van der Waals surface area contributed by atoms with Gasteiger partial charge in [-0.3, -0.25) is 4.79 Å². The van der Waals surface area contributed by atoms with Crippen molar-refractivity contribution in [1.29, 1.82) is 0 Å². The van der Waals surface area contributed by atoms with E-state index < -0.39 is 0 Å². The Morgan fingerprint density at radius 1 is 1.71 bits per heavy atom. The second-order valence-electron chi connectivity index (χ2n) is 2.78. The molecule has 0 saturated carbocycles. The second kappa shape index (κ2) is 5.66. The fourth-order valence-electron chi connectivity index (χ4n) is 0.939. The topological polar surface area (TPSA) is 83.8 Å². The molecule has 1 aromatic rings. The lowest BCUT2D eigenvalue weighted by Gasteiger charge is -2.00. The summed E-state index contributed by atoms with van der Waals surface area (Å²) in [6.45, 7) is 0.958. The lowest BCUT2D eigenvalue weighted by atomic mass is 10.5. The molecule has 0 aliphatic carbocycles. The molecule has 0 aromatic carbocycles. The molecule has 0 saturated heterocycles. The summed E-state index contributed by atoms with van der Waals surface area (Å²) in [6.07, 6.45) is 1.03. The predicted octanol–water partition coefficient (Wildman–Crippen LogP) is 0.0537. The molecule has 1 rings (SSSR count). The average Bonchev–Trinajstić information content (AvgIpc) is 2.11. The van der Waals surface area contributed by atoms with Crippen LogP contribution in [0.3, 0.4) is 0 Å². The maximum absolute atomic E-state index is 11.0. The summed E-state index contributed by atoms with van der Waals surface area (Å²) in [5, 5.41) is 3.64. The Bertz CT molecular complexity index is 338. The molecule has 6 heteroatoms. The van der Waals surface area contributed by atoms with Crippen molar-refractivity contribution in [3.63, 3.8) is 0 Å². The molecular weight excluding hydrogens is 200 g/mol. The number of aromatic amines is 1. The fourth-order valence-corrected chi connectivity index (χ4v) is 1.76. The highest BCUT2D eigenvalue weighted by molar-refractivity contribution is 7.99. The Hall–Kier alpha value is -1.01. The van der Waals surface area contributed by atoms with Crippen LogP contribution < -0.4 is 16.6 Å². The van der Waals surface area contributed by atoms with Gasteiger partial charge in [0.25, 0.3) is 5.56 Å². The first-order valence-corrected chi connectivity index (χ1v) is 5.35. The number of hydrogen-bond acceptors (Lipinski definition) is 5. The van der Waals surface area contributed by atoms with Gasteiger partial charge in [0.05, 0.1) is 0 Å². The zero-order valence-corrected chi connectivity index (χ0v) is 8.86. The highest BCUT2D eigenvalue weighted by Crippen LogP contribution is 2.12. The lowest BCUT2D eigenvalue weighted by molar-refractivity contribution is 0.776. The summed E-state index contributed by atoms with van der Waals surface area (Å²) in [6, 6.07) is 1.28. The SMILES string of the molecule is CNCCCSc1nc(N)cc(=O)[nH]1. The van der Waals surface area contributed by atoms with Gasteiger partial charge in [-0.2, -0.15) is 0 Å². The van der Waals surface area contributed by atoms with Crippen molar-refractivity contribution in [2.24, 2.45) is 0 Å². The van der Waals surface area contributed by atoms with Gasteiger partial charge in [0.15, 0.2) is 5.16 Å². The van der Waals surface area contributed by atoms with Crippen LogP contribution >= 0.6 is 11.8 Å². The van der Waals surface area contributed by atoms with Gasteiger partial charge in [-0.25, -0.2) is 4.98 Å². The molecule has 0 unspecified atom stereocenters. The predicted molar refractivity (Wildman–Crippen MR) is 58.5 cm³/mol. The summed E-state index contributed by atoms with van der Waals surface area (Å²) in [7, 11) is 1.91. The van der Waals surface area contributed by atoms with Gasteiger partial charge in [0, 0.05) is 11.8 Å². The second-order valence-corrected chi connectivity index (χ2v) is 3.86. The molecular formula is C8H14N4OS. The number of anilines is 1. The third-order valence-corrected chi connectivity index (χ3v) is 2.51. The van der Waals surface area contributed by atoms with Crippen LogP contribution in [-0.4, -0.2) is 29.3 Å². The van der Waals surface area contributed by atoms with Crippen molar-refractivity contribution >= 4 is 17.6 Å². The Labute approximate surface area is 86.5 Å². The van der Waals surface area contributed by atoms with Gasteiger partial charge in [0.1, 0.15) is 5.82 Å². The number of rotatable bonds is 5. The highest BCUT2D eigenvalue weighted by atomic mass is 32.2. The van der Waals surface area contributed by atoms with E-state index in [1.807, 2.05) is 7.05 Å². The molecule has 0 aliphatic rings. The molecule has 0 fully saturated rings. The van der Waals surface area contributed by atoms with Crippen molar-refractivity contribution in [3.05, 3.63) is 16.4 Å². The Morgan fingerprint density at radius 3 is 3.14 bits per heavy atom. The van der Waals surface area contributed by atoms with E-state index in [2.05, 4.69) is 15.3 Å². The molecule has 0 atom stereocenters. The van der Waals surface area contributed by atoms with Crippen LogP contribution in [-0.2, 0) is 0 Å². The summed E-state index contributed by atoms with van der Waals surface area (Å²) >= 11 is 1.50. The molecule has 0 radical (unpaired) electrons. The van der Waals surface area contributed by atoms with E-state index in [9.17, 15) is 4.79 Å². The summed E-state index contributed by atoms with van der Waals surface area (Å²) < 4.78 is 0. The Kier molecular flexibility index (Phi) is 4.48. The molecule has 4 N–H and O–H groups in total. The third-order valence-electron chi connectivity index (χ3n) is 1.55. The van der Waals surface area contributed by atoms with Crippen LogP contribution in [0.2, 0.25) is 0 Å². The molecule has 78 valence electrons. The first kappa shape index (κ1) is 11.1. The van der Waals surface area contributed by atoms with Gasteiger partial charge in [0.2, 0.25) is 0 Å². The summed E-state index contributed by atoms with van der Waals surface area (Å²) in [5.74, 6) is 1.18. The molecule has 1 aromatic heterocycles. The molecule has 14 heavy (non-hydrogen) atoms. The minimum atomic E-state index is -0.200. The van der Waals surface area contributed by atoms with E-state index in [-0.39, 0.29) is 11.4 Å². The van der Waals surface area contributed by atoms with Gasteiger partial charge in [-0.05, 0) is 20.0 Å². The van der Waals surface area contributed by atoms with Crippen molar-refractivity contribution in [3.8, 4) is 0 Å². The van der Waals surface area contributed by atoms with E-state index in [1.54, 1.807) is 0 Å². The zero-order chi connectivity index (χ0) is 10.4. The van der Waals surface area contributed by atoms with Gasteiger partial charge < -0.3 is 16.0 Å². The van der Waals surface area contributed by atoms with Crippen LogP contribution in [0.25, 0.3) is 0 Å². The van der Waals surface area contributed by atoms with Gasteiger partial charge >= 0.3 is 0 Å². The average molecular weight is 214 g/mol. The summed E-state index contributed by atoms with van der Waals surface area (Å²) in [4.78, 5) is 17.6. The van der Waals surface area contributed by atoms with Crippen LogP contribution in [0.1, 0.15) is 6.42 Å². The van der Waals surface area contributed by atoms with Crippen molar-refractivity contribution < 1.29 is 0 Å². The van der Waals surface area contributed by atoms with E-state index in [0.717, 1.165) is 18.7 Å². The van der Waals surface area contributed by atoms with E-state index in [1.165, 1.54) is 17.8 Å². The van der Waals surface area contributed by atoms with Crippen molar-refractivity contribution in [2.45, 2.75) is 11.6 Å². The lowest BCUT2D eigenvalue weighted by Crippen LogP contribution is -2.11. The van der Waals surface area contributed by atoms with Crippen molar-refractivity contribution in [1.82, 2.24) is 15.3 Å². The number of nitrogens with zero attached hydrogens (tertiary/aromatic N) is 1. The maximum Gasteiger partial charge on any atom is 0.253 e. The molecule has 0 amide bonds. The monoisotopic (exact) mass is 214 g/mol. The minimum Gasteiger partial charge on any atom is -0.383 e. The fraction of sp³-hybridized carbons (Fsp3) is 0.500. The summed E-state index contributed by atoms with van der Waals surface area (Å²) in [5.41, 5.74) is 5.23. The number of thioether (sulfide) groups is 1. The number of hydrogen-bond donors (Lipinski definition) is 3. The van der Waals surface area contributed by atoms with Crippen LogP contribution in [0.15, 0.2) is 16.0 Å². The van der Waals surface area contributed by atoms with Crippen molar-refractivity contribution in [2.75, 3.05) is 25.1 Å². The molecule has 5 nitrogen and oxygen atoms in total. The molecule has 0 spiro atoms. The maximum atomic E-state index is 11.0. The first-order chi connectivity index (χ1) is 6.72. The third kappa shape index (κ3) is 3.80. The first-order valence-electron chi connectivity index (χ1n) is 4.36. The standard InChI is InChI=1S/C8H14N4OS/c1-10-3-2-4-14-8-11-6(9)5-7(13)12-8/h5,10H,2-4H2,1H3,(H3,9,11,12,13). The van der Waals surface area contributed by atoms with Gasteiger partial charge in [-0.1, -0.05) is 11.8 Å². The number of nitrogens with one attached hydrogen (secondary N) is 2. The van der Waals surface area contributed by atoms with Crippen LogP contribution in [0.5, 0.6) is 0 Å². The van der Waals surface area contributed by atoms with Crippen LogP contribution in [0, 0.1) is 0 Å². The van der Waals surface area contributed by atoms with Gasteiger partial charge in [-0.15, -0.1) is 0 Å².